The fourth-order valence-electron chi connectivity index (χ4n) is 3.66. The van der Waals surface area contributed by atoms with Crippen molar-refractivity contribution in [3.63, 3.8) is 0 Å². The minimum atomic E-state index is 0.129. The van der Waals surface area contributed by atoms with Crippen LogP contribution in [-0.2, 0) is 0 Å². The molecule has 0 aromatic heterocycles. The predicted octanol–water partition coefficient (Wildman–Crippen LogP) is 3.50. The number of benzene rings is 1. The van der Waals surface area contributed by atoms with Crippen LogP contribution in [0.1, 0.15) is 37.7 Å². The number of hydrogen-bond donors (Lipinski definition) is 2. The monoisotopic (exact) mass is 321 g/mol. The molecule has 19 heavy (non-hydrogen) atoms. The van der Waals surface area contributed by atoms with Gasteiger partial charge in [0.05, 0.1) is 5.69 Å². The number of nitrogens with zero attached hydrogens (tertiary/aromatic N) is 1. The van der Waals surface area contributed by atoms with Crippen LogP contribution in [0.25, 0.3) is 0 Å². The van der Waals surface area contributed by atoms with Gasteiger partial charge >= 0.3 is 0 Å². The maximum Gasteiger partial charge on any atom is 0.122 e. The van der Waals surface area contributed by atoms with E-state index in [-0.39, 0.29) is 5.84 Å². The second-order valence-electron chi connectivity index (χ2n) is 5.67. The molecule has 2 atom stereocenters. The van der Waals surface area contributed by atoms with Gasteiger partial charge in [0.25, 0.3) is 0 Å². The molecular formula is C15H20BrN3. The van der Waals surface area contributed by atoms with E-state index in [0.717, 1.165) is 22.5 Å². The summed E-state index contributed by atoms with van der Waals surface area (Å²) in [5.74, 6) is 1.01. The molecular weight excluding hydrogens is 302 g/mol. The van der Waals surface area contributed by atoms with Crippen molar-refractivity contribution in [2.45, 2.75) is 38.1 Å². The summed E-state index contributed by atoms with van der Waals surface area (Å²) < 4.78 is 1.06. The molecule has 102 valence electrons. The van der Waals surface area contributed by atoms with Gasteiger partial charge in [-0.2, -0.15) is 0 Å². The summed E-state index contributed by atoms with van der Waals surface area (Å²) in [6, 6.07) is 6.76. The van der Waals surface area contributed by atoms with E-state index in [4.69, 9.17) is 11.1 Å². The normalized spacial score (nSPS) is 26.3. The van der Waals surface area contributed by atoms with E-state index in [1.54, 1.807) is 0 Å². The van der Waals surface area contributed by atoms with Gasteiger partial charge in [-0.1, -0.05) is 6.42 Å². The van der Waals surface area contributed by atoms with Crippen molar-refractivity contribution in [1.29, 1.82) is 5.41 Å². The molecule has 3 rings (SSSR count). The zero-order valence-electron chi connectivity index (χ0n) is 11.0. The average Bonchev–Trinajstić information content (AvgIpc) is 2.86. The molecule has 3 nitrogen and oxygen atoms in total. The SMILES string of the molecule is N=C(N)c1ccc(N2CCCC3CCCC32)c(Br)c1. The van der Waals surface area contributed by atoms with Gasteiger partial charge in [0.1, 0.15) is 5.84 Å². The second kappa shape index (κ2) is 5.16. The Morgan fingerprint density at radius 3 is 2.79 bits per heavy atom. The number of hydrogen-bond acceptors (Lipinski definition) is 2. The molecule has 1 heterocycles. The summed E-state index contributed by atoms with van der Waals surface area (Å²) in [4.78, 5) is 2.56. The molecule has 2 aliphatic rings. The number of anilines is 1. The van der Waals surface area contributed by atoms with Gasteiger partial charge < -0.3 is 10.6 Å². The van der Waals surface area contributed by atoms with Crippen LogP contribution in [0.4, 0.5) is 5.69 Å². The lowest BCUT2D eigenvalue weighted by Gasteiger charge is -2.40. The highest BCUT2D eigenvalue weighted by atomic mass is 79.9. The molecule has 4 heteroatoms. The third-order valence-electron chi connectivity index (χ3n) is 4.56. The number of rotatable bonds is 2. The molecule has 0 amide bonds. The standard InChI is InChI=1S/C15H20BrN3/c16-12-9-11(15(17)18)6-7-14(12)19-8-2-4-10-3-1-5-13(10)19/h6-7,9-10,13H,1-5,8H2,(H3,17,18). The smallest absolute Gasteiger partial charge is 0.122 e. The van der Waals surface area contributed by atoms with E-state index in [2.05, 4.69) is 26.9 Å². The number of piperidine rings is 1. The highest BCUT2D eigenvalue weighted by Gasteiger charge is 2.35. The molecule has 1 saturated heterocycles. The van der Waals surface area contributed by atoms with Crippen molar-refractivity contribution in [2.24, 2.45) is 11.7 Å². The second-order valence-corrected chi connectivity index (χ2v) is 6.53. The lowest BCUT2D eigenvalue weighted by Crippen LogP contribution is -2.42. The molecule has 1 aromatic carbocycles. The van der Waals surface area contributed by atoms with Gasteiger partial charge in [0.15, 0.2) is 0 Å². The topological polar surface area (TPSA) is 53.1 Å². The number of nitrogens with two attached hydrogens (primary N) is 1. The Labute approximate surface area is 122 Å². The van der Waals surface area contributed by atoms with Gasteiger partial charge in [-0.25, -0.2) is 0 Å². The molecule has 1 saturated carbocycles. The van der Waals surface area contributed by atoms with Crippen molar-refractivity contribution in [3.05, 3.63) is 28.2 Å². The third-order valence-corrected chi connectivity index (χ3v) is 5.20. The van der Waals surface area contributed by atoms with E-state index in [1.165, 1.54) is 37.8 Å². The summed E-state index contributed by atoms with van der Waals surface area (Å²) in [5, 5.41) is 7.51. The van der Waals surface area contributed by atoms with Crippen molar-refractivity contribution >= 4 is 27.5 Å². The van der Waals surface area contributed by atoms with Crippen molar-refractivity contribution in [2.75, 3.05) is 11.4 Å². The maximum absolute atomic E-state index is 7.51. The number of amidine groups is 1. The number of fused-ring (bicyclic) bond motifs is 1. The maximum atomic E-state index is 7.51. The Morgan fingerprint density at radius 1 is 1.26 bits per heavy atom. The lowest BCUT2D eigenvalue weighted by atomic mass is 9.91. The van der Waals surface area contributed by atoms with Crippen molar-refractivity contribution in [3.8, 4) is 0 Å². The Kier molecular flexibility index (Phi) is 3.52. The molecule has 1 aliphatic heterocycles. The number of halogens is 1. The van der Waals surface area contributed by atoms with Crippen LogP contribution in [0.5, 0.6) is 0 Å². The van der Waals surface area contributed by atoms with Crippen LogP contribution in [0.15, 0.2) is 22.7 Å². The van der Waals surface area contributed by atoms with E-state index < -0.39 is 0 Å². The van der Waals surface area contributed by atoms with E-state index >= 15 is 0 Å². The van der Waals surface area contributed by atoms with E-state index in [1.807, 2.05) is 12.1 Å². The lowest BCUT2D eigenvalue weighted by molar-refractivity contribution is 0.362. The van der Waals surface area contributed by atoms with Crippen LogP contribution in [-0.4, -0.2) is 18.4 Å². The van der Waals surface area contributed by atoms with E-state index in [0.29, 0.717) is 6.04 Å². The van der Waals surface area contributed by atoms with Crippen LogP contribution < -0.4 is 10.6 Å². The summed E-state index contributed by atoms with van der Waals surface area (Å²) in [6.45, 7) is 1.15. The first kappa shape index (κ1) is 13.0. The molecule has 1 aromatic rings. The van der Waals surface area contributed by atoms with Crippen LogP contribution >= 0.6 is 15.9 Å². The first-order chi connectivity index (χ1) is 9.16. The largest absolute Gasteiger partial charge is 0.384 e. The zero-order chi connectivity index (χ0) is 13.4. The van der Waals surface area contributed by atoms with Crippen molar-refractivity contribution in [1.82, 2.24) is 0 Å². The molecule has 0 radical (unpaired) electrons. The van der Waals surface area contributed by atoms with Gasteiger partial charge in [-0.05, 0) is 65.7 Å². The van der Waals surface area contributed by atoms with Crippen LogP contribution in [0, 0.1) is 11.3 Å². The highest BCUT2D eigenvalue weighted by Crippen LogP contribution is 2.41. The molecule has 1 aliphatic carbocycles. The first-order valence-electron chi connectivity index (χ1n) is 7.07. The summed E-state index contributed by atoms with van der Waals surface area (Å²) >= 11 is 3.65. The average molecular weight is 322 g/mol. The van der Waals surface area contributed by atoms with Crippen LogP contribution in [0.3, 0.4) is 0 Å². The fraction of sp³-hybridized carbons (Fsp3) is 0.533. The molecule has 2 unspecified atom stereocenters. The van der Waals surface area contributed by atoms with E-state index in [9.17, 15) is 0 Å². The quantitative estimate of drug-likeness (QED) is 0.647. The molecule has 3 N–H and O–H groups in total. The number of nitrogens with one attached hydrogen (secondary N) is 1. The molecule has 0 spiro atoms. The Balaban J connectivity index is 1.90. The Morgan fingerprint density at radius 2 is 2.05 bits per heavy atom. The summed E-state index contributed by atoms with van der Waals surface area (Å²) in [5.41, 5.74) is 7.60. The minimum Gasteiger partial charge on any atom is -0.384 e. The zero-order valence-corrected chi connectivity index (χ0v) is 12.6. The van der Waals surface area contributed by atoms with Gasteiger partial charge in [0, 0.05) is 22.6 Å². The number of nitrogen functional groups attached to an aromatic ring is 1. The first-order valence-corrected chi connectivity index (χ1v) is 7.86. The van der Waals surface area contributed by atoms with Gasteiger partial charge in [-0.3, -0.25) is 5.41 Å². The Hall–Kier alpha value is -1.03. The fourth-order valence-corrected chi connectivity index (χ4v) is 4.27. The molecule has 2 fully saturated rings. The van der Waals surface area contributed by atoms with Gasteiger partial charge in [0.2, 0.25) is 0 Å². The van der Waals surface area contributed by atoms with Crippen molar-refractivity contribution < 1.29 is 0 Å². The highest BCUT2D eigenvalue weighted by molar-refractivity contribution is 9.10. The molecule has 0 bridgehead atoms. The third kappa shape index (κ3) is 2.38. The summed E-state index contributed by atoms with van der Waals surface area (Å²) in [6.07, 6.45) is 6.78. The Bertz CT molecular complexity index is 500. The van der Waals surface area contributed by atoms with Crippen LogP contribution in [0.2, 0.25) is 0 Å². The minimum absolute atomic E-state index is 0.129. The van der Waals surface area contributed by atoms with Gasteiger partial charge in [-0.15, -0.1) is 0 Å². The predicted molar refractivity (Wildman–Crippen MR) is 82.9 cm³/mol. The summed E-state index contributed by atoms with van der Waals surface area (Å²) in [7, 11) is 0.